The number of methoxy groups -OCH3 is 1. The second kappa shape index (κ2) is 9.89. The lowest BCUT2D eigenvalue weighted by Gasteiger charge is -2.36. The fourth-order valence-electron chi connectivity index (χ4n) is 3.22. The van der Waals surface area contributed by atoms with E-state index in [4.69, 9.17) is 9.47 Å². The van der Waals surface area contributed by atoms with Gasteiger partial charge >= 0.3 is 0 Å². The minimum atomic E-state index is 0.558. The van der Waals surface area contributed by atoms with E-state index in [0.29, 0.717) is 11.8 Å². The van der Waals surface area contributed by atoms with Gasteiger partial charge < -0.3 is 24.6 Å². The normalized spacial score (nSPS) is 18.3. The number of aromatic nitrogens is 2. The Morgan fingerprint density at radius 1 is 1.37 bits per heavy atom. The van der Waals surface area contributed by atoms with Crippen molar-refractivity contribution in [1.29, 1.82) is 0 Å². The summed E-state index contributed by atoms with van der Waals surface area (Å²) in [5, 5.41) is 3.49. The molecule has 1 N–H and O–H groups in total. The van der Waals surface area contributed by atoms with Crippen molar-refractivity contribution < 1.29 is 9.47 Å². The third-order valence-electron chi connectivity index (χ3n) is 4.75. The quantitative estimate of drug-likeness (QED) is 0.425. The van der Waals surface area contributed by atoms with Crippen LogP contribution in [0.4, 0.5) is 5.95 Å². The van der Waals surface area contributed by atoms with Gasteiger partial charge in [-0.15, -0.1) is 0 Å². The molecule has 2 aliphatic heterocycles. The number of aliphatic imine (C=N–C) groups is 1. The van der Waals surface area contributed by atoms with Gasteiger partial charge in [-0.2, -0.15) is 4.98 Å². The molecule has 0 aromatic carbocycles. The molecule has 1 fully saturated rings. The Bertz CT molecular complexity index is 688. The summed E-state index contributed by atoms with van der Waals surface area (Å²) in [6.45, 7) is 5.91. The number of ether oxygens (including phenoxy) is 2. The largest absolute Gasteiger partial charge is 0.480 e. The number of hydrogen-bond donors (Lipinski definition) is 1. The summed E-state index contributed by atoms with van der Waals surface area (Å²) >= 11 is 3.39. The third-order valence-corrected chi connectivity index (χ3v) is 5.30. The summed E-state index contributed by atoms with van der Waals surface area (Å²) in [6, 6.07) is 0. The number of hydrogen-bond acceptors (Lipinski definition) is 6. The smallest absolute Gasteiger partial charge is 0.232 e. The van der Waals surface area contributed by atoms with Crippen molar-refractivity contribution in [2.24, 2.45) is 4.99 Å². The van der Waals surface area contributed by atoms with E-state index in [-0.39, 0.29) is 0 Å². The molecule has 0 unspecified atom stereocenters. The standard InChI is InChI=1S/C18H27BrN6O2/c1-20-17(21-6-3-14-4-11-27-12-5-14)24-7-9-25(10-8-24)18-22-13-15(19)16(23-18)26-2/h4,13H,3,5-12H2,1-2H3,(H,20,21). The van der Waals surface area contributed by atoms with Crippen LogP contribution < -0.4 is 15.0 Å². The first-order chi connectivity index (χ1) is 13.2. The van der Waals surface area contributed by atoms with Crippen LogP contribution in [0.15, 0.2) is 27.3 Å². The minimum absolute atomic E-state index is 0.558. The molecular weight excluding hydrogens is 412 g/mol. The molecule has 1 saturated heterocycles. The van der Waals surface area contributed by atoms with Crippen LogP contribution in [0.1, 0.15) is 12.8 Å². The number of halogens is 1. The SMILES string of the molecule is CN=C(NCCC1=CCOCC1)N1CCN(c2ncc(Br)c(OC)n2)CC1. The van der Waals surface area contributed by atoms with Crippen molar-refractivity contribution in [3.8, 4) is 5.88 Å². The molecule has 1 aromatic rings. The molecule has 1 aromatic heterocycles. The summed E-state index contributed by atoms with van der Waals surface area (Å²) < 4.78 is 11.4. The van der Waals surface area contributed by atoms with Crippen LogP contribution in [-0.4, -0.2) is 80.9 Å². The van der Waals surface area contributed by atoms with Crippen LogP contribution in [0.25, 0.3) is 0 Å². The highest BCUT2D eigenvalue weighted by Crippen LogP contribution is 2.23. The molecule has 9 heteroatoms. The number of piperazine rings is 1. The number of anilines is 1. The Labute approximate surface area is 168 Å². The second-order valence-corrected chi connectivity index (χ2v) is 7.27. The van der Waals surface area contributed by atoms with Gasteiger partial charge in [0.2, 0.25) is 11.8 Å². The summed E-state index contributed by atoms with van der Waals surface area (Å²) in [5.74, 6) is 2.21. The van der Waals surface area contributed by atoms with E-state index >= 15 is 0 Å². The highest BCUT2D eigenvalue weighted by molar-refractivity contribution is 9.10. The molecule has 3 heterocycles. The second-order valence-electron chi connectivity index (χ2n) is 6.41. The van der Waals surface area contributed by atoms with Crippen molar-refractivity contribution in [3.63, 3.8) is 0 Å². The minimum Gasteiger partial charge on any atom is -0.480 e. The van der Waals surface area contributed by atoms with Gasteiger partial charge in [-0.25, -0.2) is 4.98 Å². The van der Waals surface area contributed by atoms with Crippen LogP contribution in [0, 0.1) is 0 Å². The van der Waals surface area contributed by atoms with Crippen LogP contribution in [0.2, 0.25) is 0 Å². The average molecular weight is 439 g/mol. The third kappa shape index (κ3) is 5.32. The Hall–Kier alpha value is -1.87. The molecule has 0 aliphatic carbocycles. The van der Waals surface area contributed by atoms with E-state index in [1.807, 2.05) is 7.05 Å². The Morgan fingerprint density at radius 3 is 2.85 bits per heavy atom. The molecule has 8 nitrogen and oxygen atoms in total. The summed E-state index contributed by atoms with van der Waals surface area (Å²) in [7, 11) is 3.45. The predicted octanol–water partition coefficient (Wildman–Crippen LogP) is 1.68. The molecule has 2 aliphatic rings. The lowest BCUT2D eigenvalue weighted by Crippen LogP contribution is -2.53. The Morgan fingerprint density at radius 2 is 2.19 bits per heavy atom. The molecule has 0 radical (unpaired) electrons. The Balaban J connectivity index is 1.49. The van der Waals surface area contributed by atoms with E-state index < -0.39 is 0 Å². The number of nitrogens with zero attached hydrogens (tertiary/aromatic N) is 5. The van der Waals surface area contributed by atoms with Crippen molar-refractivity contribution in [3.05, 3.63) is 22.3 Å². The van der Waals surface area contributed by atoms with E-state index in [1.165, 1.54) is 5.57 Å². The topological polar surface area (TPSA) is 75.1 Å². The highest BCUT2D eigenvalue weighted by Gasteiger charge is 2.22. The zero-order valence-corrected chi connectivity index (χ0v) is 17.5. The first-order valence-electron chi connectivity index (χ1n) is 9.24. The van der Waals surface area contributed by atoms with Gasteiger partial charge in [0.15, 0.2) is 5.96 Å². The number of nitrogens with one attached hydrogen (secondary N) is 1. The lowest BCUT2D eigenvalue weighted by atomic mass is 10.1. The Kier molecular flexibility index (Phi) is 7.28. The summed E-state index contributed by atoms with van der Waals surface area (Å²) in [4.78, 5) is 17.8. The van der Waals surface area contributed by atoms with Crippen LogP contribution >= 0.6 is 15.9 Å². The van der Waals surface area contributed by atoms with Gasteiger partial charge in [-0.3, -0.25) is 4.99 Å². The molecular formula is C18H27BrN6O2. The molecule has 0 bridgehead atoms. The number of rotatable bonds is 5. The maximum Gasteiger partial charge on any atom is 0.232 e. The van der Waals surface area contributed by atoms with Crippen LogP contribution in [0.3, 0.4) is 0 Å². The predicted molar refractivity (Wildman–Crippen MR) is 110 cm³/mol. The molecule has 0 amide bonds. The molecule has 3 rings (SSSR count). The van der Waals surface area contributed by atoms with Crippen LogP contribution in [0.5, 0.6) is 5.88 Å². The van der Waals surface area contributed by atoms with Gasteiger partial charge in [-0.05, 0) is 28.8 Å². The first-order valence-corrected chi connectivity index (χ1v) is 10.0. The van der Waals surface area contributed by atoms with Gasteiger partial charge in [0.1, 0.15) is 0 Å². The zero-order valence-electron chi connectivity index (χ0n) is 15.9. The van der Waals surface area contributed by atoms with Gasteiger partial charge in [0.05, 0.1) is 31.0 Å². The number of guanidine groups is 1. The fourth-order valence-corrected chi connectivity index (χ4v) is 3.57. The van der Waals surface area contributed by atoms with Crippen molar-refractivity contribution in [2.45, 2.75) is 12.8 Å². The fraction of sp³-hybridized carbons (Fsp3) is 0.611. The van der Waals surface area contributed by atoms with E-state index in [9.17, 15) is 0 Å². The first kappa shape index (κ1) is 19.9. The summed E-state index contributed by atoms with van der Waals surface area (Å²) in [6.07, 6.45) is 6.00. The van der Waals surface area contributed by atoms with Crippen LogP contribution in [-0.2, 0) is 4.74 Å². The van der Waals surface area contributed by atoms with Crippen molar-refractivity contribution >= 4 is 27.8 Å². The monoisotopic (exact) mass is 438 g/mol. The van der Waals surface area contributed by atoms with Gasteiger partial charge in [0.25, 0.3) is 0 Å². The van der Waals surface area contributed by atoms with E-state index in [2.05, 4.69) is 52.1 Å². The van der Waals surface area contributed by atoms with Crippen molar-refractivity contribution in [2.75, 3.05) is 65.0 Å². The average Bonchev–Trinajstić information content (AvgIpc) is 2.73. The van der Waals surface area contributed by atoms with Gasteiger partial charge in [0, 0.05) is 39.8 Å². The van der Waals surface area contributed by atoms with E-state index in [0.717, 1.165) is 69.2 Å². The highest BCUT2D eigenvalue weighted by atomic mass is 79.9. The van der Waals surface area contributed by atoms with Gasteiger partial charge in [-0.1, -0.05) is 11.6 Å². The molecule has 27 heavy (non-hydrogen) atoms. The molecule has 0 spiro atoms. The maximum atomic E-state index is 5.36. The lowest BCUT2D eigenvalue weighted by molar-refractivity contribution is 0.153. The van der Waals surface area contributed by atoms with Crippen molar-refractivity contribution in [1.82, 2.24) is 20.2 Å². The maximum absolute atomic E-state index is 5.36. The molecule has 148 valence electrons. The molecule has 0 atom stereocenters. The summed E-state index contributed by atoms with van der Waals surface area (Å²) in [5.41, 5.74) is 1.47. The molecule has 0 saturated carbocycles. The zero-order chi connectivity index (χ0) is 19.1. The van der Waals surface area contributed by atoms with E-state index in [1.54, 1.807) is 13.3 Å².